The molecule has 0 bridgehead atoms. The van der Waals surface area contributed by atoms with Gasteiger partial charge in [-0.15, -0.1) is 0 Å². The molecule has 2 amide bonds. The van der Waals surface area contributed by atoms with Crippen LogP contribution in [0.15, 0.2) is 36.4 Å². The molecule has 6 nitrogen and oxygen atoms in total. The quantitative estimate of drug-likeness (QED) is 0.928. The van der Waals surface area contributed by atoms with Crippen molar-refractivity contribution in [2.45, 2.75) is 19.8 Å². The number of hydrogen-bond donors (Lipinski definition) is 1. The first-order valence-corrected chi connectivity index (χ1v) is 8.26. The van der Waals surface area contributed by atoms with Gasteiger partial charge in [0.2, 0.25) is 5.91 Å². The Labute approximate surface area is 141 Å². The number of amides is 2. The zero-order chi connectivity index (χ0) is 16.9. The number of carbonyl (C=O) groups is 2. The lowest BCUT2D eigenvalue weighted by Crippen LogP contribution is -2.50. The van der Waals surface area contributed by atoms with Crippen molar-refractivity contribution in [3.8, 4) is 0 Å². The molecule has 3 rings (SSSR count). The van der Waals surface area contributed by atoms with Crippen LogP contribution in [-0.2, 0) is 11.2 Å². The maximum absolute atomic E-state index is 12.3. The molecule has 2 heterocycles. The zero-order valence-corrected chi connectivity index (χ0v) is 13.9. The summed E-state index contributed by atoms with van der Waals surface area (Å²) < 4.78 is 0. The van der Waals surface area contributed by atoms with Gasteiger partial charge in [-0.25, -0.2) is 0 Å². The van der Waals surface area contributed by atoms with E-state index in [1.165, 1.54) is 5.56 Å². The fourth-order valence-corrected chi connectivity index (χ4v) is 2.90. The molecule has 0 unspecified atom stereocenters. The summed E-state index contributed by atoms with van der Waals surface area (Å²) in [4.78, 5) is 28.3. The molecule has 1 fully saturated rings. The molecule has 0 saturated carbocycles. The lowest BCUT2D eigenvalue weighted by molar-refractivity contribution is -0.132. The SMILES string of the molecule is Cc1cc(C(=O)N2CCN(C(=O)CCc3ccccc3)CC2)n[nH]1. The molecule has 126 valence electrons. The van der Waals surface area contributed by atoms with E-state index in [0.29, 0.717) is 38.3 Å². The third-order valence-corrected chi connectivity index (χ3v) is 4.32. The van der Waals surface area contributed by atoms with Crippen molar-refractivity contribution >= 4 is 11.8 Å². The summed E-state index contributed by atoms with van der Waals surface area (Å²) in [6.45, 7) is 4.16. The average molecular weight is 326 g/mol. The Kier molecular flexibility index (Phi) is 4.93. The van der Waals surface area contributed by atoms with E-state index in [2.05, 4.69) is 10.2 Å². The van der Waals surface area contributed by atoms with Gasteiger partial charge in [0.1, 0.15) is 5.69 Å². The fraction of sp³-hybridized carbons (Fsp3) is 0.389. The van der Waals surface area contributed by atoms with Crippen LogP contribution in [0.25, 0.3) is 0 Å². The molecule has 2 aromatic rings. The molecule has 0 spiro atoms. The Balaban J connectivity index is 1.47. The molecule has 0 atom stereocenters. The van der Waals surface area contributed by atoms with Gasteiger partial charge in [-0.2, -0.15) is 5.10 Å². The highest BCUT2D eigenvalue weighted by Gasteiger charge is 2.25. The largest absolute Gasteiger partial charge is 0.339 e. The normalized spacial score (nSPS) is 14.7. The van der Waals surface area contributed by atoms with E-state index in [0.717, 1.165) is 12.1 Å². The lowest BCUT2D eigenvalue weighted by atomic mass is 10.1. The molecule has 1 N–H and O–H groups in total. The number of H-pyrrole nitrogens is 1. The maximum atomic E-state index is 12.3. The first kappa shape index (κ1) is 16.2. The fourth-order valence-electron chi connectivity index (χ4n) is 2.90. The zero-order valence-electron chi connectivity index (χ0n) is 13.9. The number of aromatic nitrogens is 2. The Hall–Kier alpha value is -2.63. The molecule has 24 heavy (non-hydrogen) atoms. The van der Waals surface area contributed by atoms with Gasteiger partial charge in [0.15, 0.2) is 0 Å². The second-order valence-electron chi connectivity index (χ2n) is 6.09. The summed E-state index contributed by atoms with van der Waals surface area (Å²) in [5.41, 5.74) is 2.48. The van der Waals surface area contributed by atoms with Crippen LogP contribution in [0.1, 0.15) is 28.2 Å². The molecule has 0 aliphatic carbocycles. The molecule has 0 radical (unpaired) electrons. The maximum Gasteiger partial charge on any atom is 0.274 e. The third-order valence-electron chi connectivity index (χ3n) is 4.32. The number of nitrogens with zero attached hydrogens (tertiary/aromatic N) is 3. The summed E-state index contributed by atoms with van der Waals surface area (Å²) in [6.07, 6.45) is 1.27. The molecular formula is C18H22N4O2. The number of aryl methyl sites for hydroxylation is 2. The van der Waals surface area contributed by atoms with Crippen molar-refractivity contribution in [1.29, 1.82) is 0 Å². The summed E-state index contributed by atoms with van der Waals surface area (Å²) in [6, 6.07) is 11.8. The second-order valence-corrected chi connectivity index (χ2v) is 6.09. The minimum Gasteiger partial charge on any atom is -0.339 e. The number of carbonyl (C=O) groups excluding carboxylic acids is 2. The molecule has 1 saturated heterocycles. The van der Waals surface area contributed by atoms with E-state index in [4.69, 9.17) is 0 Å². The molecular weight excluding hydrogens is 304 g/mol. The van der Waals surface area contributed by atoms with E-state index in [1.54, 1.807) is 11.0 Å². The number of piperazine rings is 1. The lowest BCUT2D eigenvalue weighted by Gasteiger charge is -2.34. The Bertz CT molecular complexity index is 703. The average Bonchev–Trinajstić information content (AvgIpc) is 3.06. The molecule has 1 aliphatic heterocycles. The number of aromatic amines is 1. The molecule has 6 heteroatoms. The van der Waals surface area contributed by atoms with Gasteiger partial charge >= 0.3 is 0 Å². The van der Waals surface area contributed by atoms with E-state index >= 15 is 0 Å². The summed E-state index contributed by atoms with van der Waals surface area (Å²) in [5.74, 6) is 0.0808. The van der Waals surface area contributed by atoms with Crippen molar-refractivity contribution in [1.82, 2.24) is 20.0 Å². The smallest absolute Gasteiger partial charge is 0.274 e. The van der Waals surface area contributed by atoms with Crippen LogP contribution >= 0.6 is 0 Å². The van der Waals surface area contributed by atoms with E-state index < -0.39 is 0 Å². The van der Waals surface area contributed by atoms with E-state index in [1.807, 2.05) is 42.2 Å². The minimum atomic E-state index is -0.0734. The highest BCUT2D eigenvalue weighted by molar-refractivity contribution is 5.92. The first-order valence-electron chi connectivity index (χ1n) is 8.26. The molecule has 1 aromatic heterocycles. The number of rotatable bonds is 4. The Morgan fingerprint density at radius 3 is 2.38 bits per heavy atom. The Morgan fingerprint density at radius 1 is 1.08 bits per heavy atom. The van der Waals surface area contributed by atoms with Gasteiger partial charge in [-0.05, 0) is 25.0 Å². The van der Waals surface area contributed by atoms with Crippen molar-refractivity contribution in [3.05, 3.63) is 53.3 Å². The number of hydrogen-bond acceptors (Lipinski definition) is 3. The van der Waals surface area contributed by atoms with Crippen LogP contribution in [0.5, 0.6) is 0 Å². The van der Waals surface area contributed by atoms with Gasteiger partial charge in [0.05, 0.1) is 0 Å². The van der Waals surface area contributed by atoms with Gasteiger partial charge in [0.25, 0.3) is 5.91 Å². The monoisotopic (exact) mass is 326 g/mol. The Morgan fingerprint density at radius 2 is 1.75 bits per heavy atom. The molecule has 1 aromatic carbocycles. The van der Waals surface area contributed by atoms with Crippen LogP contribution in [0.2, 0.25) is 0 Å². The van der Waals surface area contributed by atoms with Crippen molar-refractivity contribution in [2.75, 3.05) is 26.2 Å². The van der Waals surface area contributed by atoms with Crippen molar-refractivity contribution < 1.29 is 9.59 Å². The van der Waals surface area contributed by atoms with Crippen LogP contribution in [0.3, 0.4) is 0 Å². The van der Waals surface area contributed by atoms with Crippen molar-refractivity contribution in [2.24, 2.45) is 0 Å². The summed E-state index contributed by atoms with van der Waals surface area (Å²) in [5, 5.41) is 6.80. The van der Waals surface area contributed by atoms with Crippen molar-refractivity contribution in [3.63, 3.8) is 0 Å². The topological polar surface area (TPSA) is 69.3 Å². The van der Waals surface area contributed by atoms with E-state index in [9.17, 15) is 9.59 Å². The van der Waals surface area contributed by atoms with Gasteiger partial charge in [-0.3, -0.25) is 14.7 Å². The predicted molar refractivity (Wildman–Crippen MR) is 90.6 cm³/mol. The first-order chi connectivity index (χ1) is 11.6. The number of nitrogens with one attached hydrogen (secondary N) is 1. The summed E-state index contributed by atoms with van der Waals surface area (Å²) in [7, 11) is 0. The minimum absolute atomic E-state index is 0.0734. The van der Waals surface area contributed by atoms with E-state index in [-0.39, 0.29) is 11.8 Å². The van der Waals surface area contributed by atoms with Crippen LogP contribution in [-0.4, -0.2) is 58.0 Å². The van der Waals surface area contributed by atoms with Gasteiger partial charge in [0, 0.05) is 38.3 Å². The van der Waals surface area contributed by atoms with Crippen LogP contribution in [0.4, 0.5) is 0 Å². The number of benzene rings is 1. The summed E-state index contributed by atoms with van der Waals surface area (Å²) >= 11 is 0. The second kappa shape index (κ2) is 7.29. The van der Waals surface area contributed by atoms with Crippen LogP contribution in [0, 0.1) is 6.92 Å². The van der Waals surface area contributed by atoms with Gasteiger partial charge in [-0.1, -0.05) is 30.3 Å². The van der Waals surface area contributed by atoms with Gasteiger partial charge < -0.3 is 9.80 Å². The third kappa shape index (κ3) is 3.82. The van der Waals surface area contributed by atoms with Crippen LogP contribution < -0.4 is 0 Å². The highest BCUT2D eigenvalue weighted by atomic mass is 16.2. The molecule has 1 aliphatic rings. The highest BCUT2D eigenvalue weighted by Crippen LogP contribution is 2.10. The predicted octanol–water partition coefficient (Wildman–Crippen LogP) is 1.64. The standard InChI is InChI=1S/C18H22N4O2/c1-14-13-16(20-19-14)18(24)22-11-9-21(10-12-22)17(23)8-7-15-5-3-2-4-6-15/h2-6,13H,7-12H2,1H3,(H,19,20).